The highest BCUT2D eigenvalue weighted by Crippen LogP contribution is 2.19. The van der Waals surface area contributed by atoms with Crippen molar-refractivity contribution in [2.45, 2.75) is 13.0 Å². The number of halogens is 2. The summed E-state index contributed by atoms with van der Waals surface area (Å²) in [6, 6.07) is 12.5. The first-order valence-electron chi connectivity index (χ1n) is 9.47. The van der Waals surface area contributed by atoms with Gasteiger partial charge in [0.1, 0.15) is 0 Å². The molecule has 0 spiro atoms. The lowest BCUT2D eigenvalue weighted by Crippen LogP contribution is -2.39. The van der Waals surface area contributed by atoms with Crippen LogP contribution in [0, 0.1) is 5.92 Å². The lowest BCUT2D eigenvalue weighted by molar-refractivity contribution is -0.120. The molecule has 4 N–H and O–H groups in total. The minimum Gasteiger partial charge on any atom is -0.398 e. The van der Waals surface area contributed by atoms with Crippen molar-refractivity contribution in [3.05, 3.63) is 63.6 Å². The van der Waals surface area contributed by atoms with Gasteiger partial charge in [-0.25, -0.2) is 0 Å². The SMILES string of the molecule is Nc1ccc(Cl)cc1C(=O)NCC(=O)NCC1CCN(Cc2ccc(Cl)cc2)C1. The van der Waals surface area contributed by atoms with Crippen molar-refractivity contribution in [2.75, 3.05) is 31.9 Å². The van der Waals surface area contributed by atoms with Crippen LogP contribution in [0.2, 0.25) is 10.0 Å². The number of carbonyl (C=O) groups excluding carboxylic acids is 2. The average Bonchev–Trinajstić information content (AvgIpc) is 3.15. The second kappa shape index (κ2) is 9.96. The van der Waals surface area contributed by atoms with Crippen LogP contribution in [0.25, 0.3) is 0 Å². The van der Waals surface area contributed by atoms with Crippen molar-refractivity contribution in [1.29, 1.82) is 0 Å². The Morgan fingerprint density at radius 2 is 1.79 bits per heavy atom. The minimum atomic E-state index is -0.421. The molecule has 0 saturated carbocycles. The normalized spacial score (nSPS) is 16.6. The third-order valence-electron chi connectivity index (χ3n) is 4.95. The van der Waals surface area contributed by atoms with Crippen molar-refractivity contribution in [2.24, 2.45) is 5.92 Å². The zero-order valence-corrected chi connectivity index (χ0v) is 17.5. The third-order valence-corrected chi connectivity index (χ3v) is 5.43. The number of rotatable bonds is 7. The Morgan fingerprint density at radius 1 is 1.07 bits per heavy atom. The first-order valence-corrected chi connectivity index (χ1v) is 10.2. The van der Waals surface area contributed by atoms with Gasteiger partial charge in [-0.3, -0.25) is 14.5 Å². The number of hydrogen-bond donors (Lipinski definition) is 3. The number of likely N-dealkylation sites (tertiary alicyclic amines) is 1. The summed E-state index contributed by atoms with van der Waals surface area (Å²) in [6.45, 7) is 3.28. The Balaban J connectivity index is 1.38. The second-order valence-electron chi connectivity index (χ2n) is 7.23. The van der Waals surface area contributed by atoms with Crippen molar-refractivity contribution < 1.29 is 9.59 Å². The van der Waals surface area contributed by atoms with Crippen LogP contribution >= 0.6 is 23.2 Å². The van der Waals surface area contributed by atoms with Gasteiger partial charge in [0.05, 0.1) is 12.1 Å². The predicted octanol–water partition coefficient (Wildman–Crippen LogP) is 2.94. The van der Waals surface area contributed by atoms with Crippen LogP contribution in [0.1, 0.15) is 22.3 Å². The van der Waals surface area contributed by atoms with E-state index in [9.17, 15) is 9.59 Å². The molecular formula is C21H24Cl2N4O2. The fourth-order valence-corrected chi connectivity index (χ4v) is 3.67. The lowest BCUT2D eigenvalue weighted by atomic mass is 10.1. The Bertz CT molecular complexity index is 873. The number of benzene rings is 2. The maximum absolute atomic E-state index is 12.2. The van der Waals surface area contributed by atoms with Crippen LogP contribution in [0.5, 0.6) is 0 Å². The van der Waals surface area contributed by atoms with Crippen LogP contribution in [0.4, 0.5) is 5.69 Å². The molecule has 154 valence electrons. The van der Waals surface area contributed by atoms with E-state index in [0.717, 1.165) is 31.1 Å². The first-order chi connectivity index (χ1) is 13.9. The molecule has 1 atom stereocenters. The monoisotopic (exact) mass is 434 g/mol. The summed E-state index contributed by atoms with van der Waals surface area (Å²) in [6.07, 6.45) is 1.03. The molecule has 6 nitrogen and oxygen atoms in total. The van der Waals surface area contributed by atoms with E-state index in [0.29, 0.717) is 23.2 Å². The van der Waals surface area contributed by atoms with Gasteiger partial charge in [0.15, 0.2) is 0 Å². The predicted molar refractivity (Wildman–Crippen MR) is 116 cm³/mol. The fourth-order valence-electron chi connectivity index (χ4n) is 3.37. The Kier molecular flexibility index (Phi) is 7.36. The van der Waals surface area contributed by atoms with Gasteiger partial charge in [-0.15, -0.1) is 0 Å². The Hall–Kier alpha value is -2.28. The van der Waals surface area contributed by atoms with Crippen molar-refractivity contribution >= 4 is 40.7 Å². The van der Waals surface area contributed by atoms with E-state index >= 15 is 0 Å². The number of nitrogen functional groups attached to an aromatic ring is 1. The number of amides is 2. The zero-order valence-electron chi connectivity index (χ0n) is 16.0. The topological polar surface area (TPSA) is 87.5 Å². The molecule has 1 unspecified atom stereocenters. The first kappa shape index (κ1) is 21.4. The van der Waals surface area contributed by atoms with Crippen LogP contribution in [-0.4, -0.2) is 42.9 Å². The highest BCUT2D eigenvalue weighted by Gasteiger charge is 2.23. The van der Waals surface area contributed by atoms with E-state index in [1.165, 1.54) is 11.6 Å². The van der Waals surface area contributed by atoms with Gasteiger partial charge in [-0.1, -0.05) is 35.3 Å². The molecule has 1 heterocycles. The van der Waals surface area contributed by atoms with Gasteiger partial charge < -0.3 is 16.4 Å². The molecule has 0 bridgehead atoms. The molecule has 0 aromatic heterocycles. The van der Waals surface area contributed by atoms with Crippen molar-refractivity contribution in [3.8, 4) is 0 Å². The number of nitrogens with zero attached hydrogens (tertiary/aromatic N) is 1. The number of carbonyl (C=O) groups is 2. The largest absolute Gasteiger partial charge is 0.398 e. The molecule has 2 aromatic rings. The van der Waals surface area contributed by atoms with Crippen molar-refractivity contribution in [1.82, 2.24) is 15.5 Å². The van der Waals surface area contributed by atoms with E-state index < -0.39 is 5.91 Å². The summed E-state index contributed by atoms with van der Waals surface area (Å²) in [5.74, 6) is -0.254. The van der Waals surface area contributed by atoms with Crippen LogP contribution in [-0.2, 0) is 11.3 Å². The molecular weight excluding hydrogens is 411 g/mol. The fraction of sp³-hybridized carbons (Fsp3) is 0.333. The van der Waals surface area contributed by atoms with E-state index in [1.54, 1.807) is 12.1 Å². The summed E-state index contributed by atoms with van der Waals surface area (Å²) in [4.78, 5) is 26.6. The molecule has 0 aliphatic carbocycles. The quantitative estimate of drug-likeness (QED) is 0.584. The van der Waals surface area contributed by atoms with Gasteiger partial charge in [-0.2, -0.15) is 0 Å². The van der Waals surface area contributed by atoms with E-state index in [-0.39, 0.29) is 18.0 Å². The number of nitrogens with one attached hydrogen (secondary N) is 2. The molecule has 1 aliphatic heterocycles. The lowest BCUT2D eigenvalue weighted by Gasteiger charge is -2.16. The van der Waals surface area contributed by atoms with Crippen molar-refractivity contribution in [3.63, 3.8) is 0 Å². The smallest absolute Gasteiger partial charge is 0.253 e. The summed E-state index contributed by atoms with van der Waals surface area (Å²) in [7, 11) is 0. The maximum Gasteiger partial charge on any atom is 0.253 e. The highest BCUT2D eigenvalue weighted by molar-refractivity contribution is 6.31. The van der Waals surface area contributed by atoms with Gasteiger partial charge in [-0.05, 0) is 54.8 Å². The maximum atomic E-state index is 12.2. The number of nitrogens with two attached hydrogens (primary N) is 1. The van der Waals surface area contributed by atoms with Gasteiger partial charge in [0.2, 0.25) is 5.91 Å². The molecule has 1 fully saturated rings. The van der Waals surface area contributed by atoms with Gasteiger partial charge in [0, 0.05) is 35.4 Å². The molecule has 8 heteroatoms. The van der Waals surface area contributed by atoms with Crippen LogP contribution < -0.4 is 16.4 Å². The summed E-state index contributed by atoms with van der Waals surface area (Å²) >= 11 is 11.8. The molecule has 1 aliphatic rings. The molecule has 2 amide bonds. The summed E-state index contributed by atoms with van der Waals surface area (Å²) in [5, 5.41) is 6.62. The zero-order chi connectivity index (χ0) is 20.8. The van der Waals surface area contributed by atoms with E-state index in [2.05, 4.69) is 15.5 Å². The molecule has 3 rings (SSSR count). The van der Waals surface area contributed by atoms with Crippen LogP contribution in [0.3, 0.4) is 0 Å². The molecule has 2 aromatic carbocycles. The van der Waals surface area contributed by atoms with Gasteiger partial charge in [0.25, 0.3) is 5.91 Å². The third kappa shape index (κ3) is 6.35. The Morgan fingerprint density at radius 3 is 2.55 bits per heavy atom. The number of hydrogen-bond acceptors (Lipinski definition) is 4. The standard InChI is InChI=1S/C21H24Cl2N4O2/c22-16-3-1-14(2-4-16)12-27-8-7-15(13-27)10-25-20(28)11-26-21(29)18-9-17(23)5-6-19(18)24/h1-6,9,15H,7-8,10-13,24H2,(H,25,28)(H,26,29). The average molecular weight is 435 g/mol. The molecule has 0 radical (unpaired) electrons. The van der Waals surface area contributed by atoms with E-state index in [1.807, 2.05) is 24.3 Å². The van der Waals surface area contributed by atoms with Crippen LogP contribution in [0.15, 0.2) is 42.5 Å². The van der Waals surface area contributed by atoms with E-state index in [4.69, 9.17) is 28.9 Å². The molecule has 1 saturated heterocycles. The highest BCUT2D eigenvalue weighted by atomic mass is 35.5. The Labute approximate surface area is 180 Å². The van der Waals surface area contributed by atoms with Gasteiger partial charge >= 0.3 is 0 Å². The summed E-state index contributed by atoms with van der Waals surface area (Å²) < 4.78 is 0. The second-order valence-corrected chi connectivity index (χ2v) is 8.11. The minimum absolute atomic E-state index is 0.105. The molecule has 29 heavy (non-hydrogen) atoms. The number of anilines is 1. The summed E-state index contributed by atoms with van der Waals surface area (Å²) in [5.41, 5.74) is 7.59.